The van der Waals surface area contributed by atoms with E-state index < -0.39 is 0 Å². The standard InChI is InChI=1S/C17H30N2O/c1-2-10-18-14(5-1)13-4-3-6-15(13)19-16-9-11-20-17(16)12-7-8-12/h12-19H,1-11H2. The molecular weight excluding hydrogens is 248 g/mol. The highest BCUT2D eigenvalue weighted by Crippen LogP contribution is 2.40. The predicted octanol–water partition coefficient (Wildman–Crippen LogP) is 2.45. The lowest BCUT2D eigenvalue weighted by Crippen LogP contribution is -2.51. The van der Waals surface area contributed by atoms with Crippen LogP contribution in [-0.4, -0.2) is 37.4 Å². The average molecular weight is 278 g/mol. The molecule has 3 heteroatoms. The van der Waals surface area contributed by atoms with Gasteiger partial charge in [0.15, 0.2) is 0 Å². The van der Waals surface area contributed by atoms with Crippen molar-refractivity contribution in [2.75, 3.05) is 13.2 Å². The van der Waals surface area contributed by atoms with Crippen molar-refractivity contribution in [3.8, 4) is 0 Å². The third-order valence-electron chi connectivity index (χ3n) is 6.09. The fourth-order valence-electron chi connectivity index (χ4n) is 4.88. The van der Waals surface area contributed by atoms with Crippen molar-refractivity contribution >= 4 is 0 Å². The van der Waals surface area contributed by atoms with E-state index in [0.717, 1.165) is 30.5 Å². The van der Waals surface area contributed by atoms with E-state index >= 15 is 0 Å². The van der Waals surface area contributed by atoms with Crippen molar-refractivity contribution in [2.45, 2.75) is 82.0 Å². The summed E-state index contributed by atoms with van der Waals surface area (Å²) in [6.07, 6.45) is 13.0. The highest BCUT2D eigenvalue weighted by molar-refractivity contribution is 4.98. The molecule has 0 spiro atoms. The highest BCUT2D eigenvalue weighted by Gasteiger charge is 2.43. The van der Waals surface area contributed by atoms with Crippen LogP contribution in [0.1, 0.15) is 57.8 Å². The number of rotatable bonds is 4. The monoisotopic (exact) mass is 278 g/mol. The maximum atomic E-state index is 6.00. The molecule has 2 N–H and O–H groups in total. The van der Waals surface area contributed by atoms with Crippen LogP contribution in [0.2, 0.25) is 0 Å². The zero-order valence-electron chi connectivity index (χ0n) is 12.7. The largest absolute Gasteiger partial charge is 0.376 e. The zero-order chi connectivity index (χ0) is 13.4. The summed E-state index contributed by atoms with van der Waals surface area (Å²) in [5, 5.41) is 7.82. The Kier molecular flexibility index (Phi) is 4.02. The summed E-state index contributed by atoms with van der Waals surface area (Å²) in [5.74, 6) is 1.75. The Labute approximate surface area is 123 Å². The number of hydrogen-bond acceptors (Lipinski definition) is 3. The van der Waals surface area contributed by atoms with E-state index in [2.05, 4.69) is 10.6 Å². The maximum Gasteiger partial charge on any atom is 0.0757 e. The van der Waals surface area contributed by atoms with E-state index in [9.17, 15) is 0 Å². The van der Waals surface area contributed by atoms with Gasteiger partial charge in [-0.25, -0.2) is 0 Å². The topological polar surface area (TPSA) is 33.3 Å². The SMILES string of the molecule is C1CCC(C2CCCC2NC2CCOC2C2CC2)NC1. The number of ether oxygens (including phenoxy) is 1. The van der Waals surface area contributed by atoms with Gasteiger partial charge in [0.25, 0.3) is 0 Å². The molecular formula is C17H30N2O. The Bertz CT molecular complexity index is 325. The van der Waals surface area contributed by atoms with Gasteiger partial charge in [-0.1, -0.05) is 12.8 Å². The van der Waals surface area contributed by atoms with E-state index in [4.69, 9.17) is 4.74 Å². The van der Waals surface area contributed by atoms with Crippen LogP contribution in [0.5, 0.6) is 0 Å². The summed E-state index contributed by atoms with van der Waals surface area (Å²) in [4.78, 5) is 0. The van der Waals surface area contributed by atoms with Gasteiger partial charge in [0.05, 0.1) is 6.10 Å². The molecule has 4 fully saturated rings. The molecule has 2 aliphatic heterocycles. The average Bonchev–Trinajstić information content (AvgIpc) is 3.05. The minimum Gasteiger partial charge on any atom is -0.376 e. The fourth-order valence-corrected chi connectivity index (χ4v) is 4.88. The van der Waals surface area contributed by atoms with E-state index in [-0.39, 0.29) is 0 Å². The van der Waals surface area contributed by atoms with Crippen LogP contribution < -0.4 is 10.6 Å². The summed E-state index contributed by atoms with van der Waals surface area (Å²) in [6.45, 7) is 2.23. The van der Waals surface area contributed by atoms with Crippen molar-refractivity contribution < 1.29 is 4.74 Å². The molecule has 4 rings (SSSR count). The Hall–Kier alpha value is -0.120. The third kappa shape index (κ3) is 2.77. The number of hydrogen-bond donors (Lipinski definition) is 2. The number of nitrogens with one attached hydrogen (secondary N) is 2. The summed E-state index contributed by atoms with van der Waals surface area (Å²) in [7, 11) is 0. The highest BCUT2D eigenvalue weighted by atomic mass is 16.5. The Morgan fingerprint density at radius 1 is 0.850 bits per heavy atom. The molecule has 0 radical (unpaired) electrons. The molecule has 2 saturated carbocycles. The van der Waals surface area contributed by atoms with Gasteiger partial charge >= 0.3 is 0 Å². The van der Waals surface area contributed by atoms with Gasteiger partial charge in [-0.2, -0.15) is 0 Å². The van der Waals surface area contributed by atoms with E-state index in [1.807, 2.05) is 0 Å². The van der Waals surface area contributed by atoms with Crippen LogP contribution in [0.25, 0.3) is 0 Å². The Balaban J connectivity index is 1.36. The first kappa shape index (κ1) is 13.5. The van der Waals surface area contributed by atoms with Gasteiger partial charge in [0.2, 0.25) is 0 Å². The number of piperidine rings is 1. The molecule has 4 aliphatic rings. The van der Waals surface area contributed by atoms with Gasteiger partial charge in [-0.15, -0.1) is 0 Å². The van der Waals surface area contributed by atoms with Gasteiger partial charge in [-0.3, -0.25) is 0 Å². The summed E-state index contributed by atoms with van der Waals surface area (Å²) in [6, 6.07) is 2.18. The van der Waals surface area contributed by atoms with Crippen LogP contribution in [0.15, 0.2) is 0 Å². The van der Waals surface area contributed by atoms with Crippen molar-refractivity contribution in [3.05, 3.63) is 0 Å². The molecule has 20 heavy (non-hydrogen) atoms. The second-order valence-electron chi connectivity index (χ2n) is 7.49. The first-order valence-corrected chi connectivity index (χ1v) is 9.03. The van der Waals surface area contributed by atoms with Gasteiger partial charge in [0.1, 0.15) is 0 Å². The van der Waals surface area contributed by atoms with Crippen LogP contribution in [0.3, 0.4) is 0 Å². The molecule has 0 aromatic heterocycles. The molecule has 5 atom stereocenters. The van der Waals surface area contributed by atoms with Crippen molar-refractivity contribution in [1.82, 2.24) is 10.6 Å². The van der Waals surface area contributed by atoms with Gasteiger partial charge in [-0.05, 0) is 63.3 Å². The second-order valence-corrected chi connectivity index (χ2v) is 7.49. The second kappa shape index (κ2) is 5.94. The van der Waals surface area contributed by atoms with Crippen molar-refractivity contribution in [1.29, 1.82) is 0 Å². The molecule has 0 amide bonds. The van der Waals surface area contributed by atoms with Crippen molar-refractivity contribution in [3.63, 3.8) is 0 Å². The van der Waals surface area contributed by atoms with E-state index in [1.54, 1.807) is 0 Å². The Morgan fingerprint density at radius 3 is 2.60 bits per heavy atom. The van der Waals surface area contributed by atoms with Crippen molar-refractivity contribution in [2.24, 2.45) is 11.8 Å². The molecule has 2 aliphatic carbocycles. The lowest BCUT2D eigenvalue weighted by Gasteiger charge is -2.35. The third-order valence-corrected chi connectivity index (χ3v) is 6.09. The molecule has 0 bridgehead atoms. The molecule has 0 aromatic rings. The lowest BCUT2D eigenvalue weighted by molar-refractivity contribution is 0.0765. The molecule has 5 unspecified atom stereocenters. The van der Waals surface area contributed by atoms with Gasteiger partial charge < -0.3 is 15.4 Å². The molecule has 114 valence electrons. The first-order chi connectivity index (χ1) is 9.92. The van der Waals surface area contributed by atoms with Crippen LogP contribution in [-0.2, 0) is 4.74 Å². The van der Waals surface area contributed by atoms with E-state index in [1.165, 1.54) is 64.3 Å². The van der Waals surface area contributed by atoms with E-state index in [0.29, 0.717) is 12.1 Å². The molecule has 2 saturated heterocycles. The maximum absolute atomic E-state index is 6.00. The van der Waals surface area contributed by atoms with Crippen LogP contribution in [0, 0.1) is 11.8 Å². The zero-order valence-corrected chi connectivity index (χ0v) is 12.7. The smallest absolute Gasteiger partial charge is 0.0757 e. The van der Waals surface area contributed by atoms with Crippen LogP contribution >= 0.6 is 0 Å². The summed E-state index contributed by atoms with van der Waals surface area (Å²) in [5.41, 5.74) is 0. The first-order valence-electron chi connectivity index (χ1n) is 9.03. The molecule has 0 aromatic carbocycles. The minimum atomic E-state index is 0.538. The fraction of sp³-hybridized carbons (Fsp3) is 1.00. The summed E-state index contributed by atoms with van der Waals surface area (Å²) < 4.78 is 6.00. The molecule has 3 nitrogen and oxygen atoms in total. The van der Waals surface area contributed by atoms with Gasteiger partial charge in [0, 0.05) is 24.7 Å². The lowest BCUT2D eigenvalue weighted by atomic mass is 9.87. The summed E-state index contributed by atoms with van der Waals surface area (Å²) >= 11 is 0. The predicted molar refractivity (Wildman–Crippen MR) is 80.8 cm³/mol. The molecule has 2 heterocycles. The minimum absolute atomic E-state index is 0.538. The Morgan fingerprint density at radius 2 is 1.80 bits per heavy atom. The quantitative estimate of drug-likeness (QED) is 0.829. The van der Waals surface area contributed by atoms with Crippen LogP contribution in [0.4, 0.5) is 0 Å². The normalized spacial score (nSPS) is 45.9.